The second kappa shape index (κ2) is 5.24. The number of imide groups is 1. The number of anilines is 1. The maximum absolute atomic E-state index is 12.9. The Morgan fingerprint density at radius 2 is 1.41 bits per heavy atom. The van der Waals surface area contributed by atoms with E-state index in [9.17, 15) is 9.59 Å². The van der Waals surface area contributed by atoms with Crippen LogP contribution in [0.5, 0.6) is 0 Å². The van der Waals surface area contributed by atoms with Crippen LogP contribution < -0.4 is 4.90 Å². The molecule has 4 unspecified atom stereocenters. The highest BCUT2D eigenvalue weighted by molar-refractivity contribution is 6.22. The molecule has 1 saturated heterocycles. The summed E-state index contributed by atoms with van der Waals surface area (Å²) in [6.45, 7) is 11.6. The monoisotopic (exact) mass is 295 g/mol. The molecule has 0 aromatic heterocycles. The fourth-order valence-corrected chi connectivity index (χ4v) is 4.04. The predicted molar refractivity (Wildman–Crippen MR) is 87.4 cm³/mol. The maximum Gasteiger partial charge on any atom is 0.238 e. The van der Waals surface area contributed by atoms with E-state index in [-0.39, 0.29) is 35.5 Å². The van der Waals surface area contributed by atoms with Crippen molar-refractivity contribution < 1.29 is 9.59 Å². The lowest BCUT2D eigenvalue weighted by atomic mass is 9.89. The largest absolute Gasteiger partial charge is 0.274 e. The van der Waals surface area contributed by atoms with Gasteiger partial charge in [0.1, 0.15) is 0 Å². The summed E-state index contributed by atoms with van der Waals surface area (Å²) in [7, 11) is 0. The molecule has 1 aliphatic carbocycles. The third kappa shape index (κ3) is 2.04. The minimum Gasteiger partial charge on any atom is -0.274 e. The summed E-state index contributed by atoms with van der Waals surface area (Å²) in [5.41, 5.74) is 2.79. The fourth-order valence-electron chi connectivity index (χ4n) is 4.04. The number of carbonyl (C=O) groups is 2. The van der Waals surface area contributed by atoms with Gasteiger partial charge < -0.3 is 0 Å². The van der Waals surface area contributed by atoms with E-state index in [2.05, 4.69) is 13.2 Å². The van der Waals surface area contributed by atoms with Gasteiger partial charge in [-0.15, -0.1) is 13.2 Å². The third-order valence-corrected chi connectivity index (χ3v) is 4.93. The van der Waals surface area contributed by atoms with Crippen molar-refractivity contribution in [3.05, 3.63) is 54.6 Å². The molecule has 114 valence electrons. The Bertz CT molecular complexity index is 624. The molecule has 2 fully saturated rings. The van der Waals surface area contributed by atoms with Crippen LogP contribution in [0.25, 0.3) is 0 Å². The molecule has 1 aromatic rings. The number of fused-ring (bicyclic) bond motifs is 1. The highest BCUT2D eigenvalue weighted by Crippen LogP contribution is 2.49. The first kappa shape index (κ1) is 14.8. The van der Waals surface area contributed by atoms with E-state index in [1.807, 2.05) is 44.2 Å². The van der Waals surface area contributed by atoms with Crippen molar-refractivity contribution in [2.45, 2.75) is 20.3 Å². The molecule has 2 amide bonds. The quantitative estimate of drug-likeness (QED) is 0.633. The summed E-state index contributed by atoms with van der Waals surface area (Å²) in [5.74, 6) is -0.633. The minimum atomic E-state index is -0.284. The Balaban J connectivity index is 2.05. The van der Waals surface area contributed by atoms with Crippen LogP contribution in [-0.4, -0.2) is 11.8 Å². The van der Waals surface area contributed by atoms with Gasteiger partial charge in [0.2, 0.25) is 11.8 Å². The van der Waals surface area contributed by atoms with Gasteiger partial charge >= 0.3 is 0 Å². The highest BCUT2D eigenvalue weighted by Gasteiger charge is 2.57. The Labute approximate surface area is 131 Å². The second-order valence-corrected chi connectivity index (χ2v) is 6.44. The van der Waals surface area contributed by atoms with Crippen LogP contribution in [0.3, 0.4) is 0 Å². The lowest BCUT2D eigenvalue weighted by Gasteiger charge is -2.19. The lowest BCUT2D eigenvalue weighted by molar-refractivity contribution is -0.123. The number of benzene rings is 1. The number of amides is 2. The van der Waals surface area contributed by atoms with E-state index in [4.69, 9.17) is 0 Å². The zero-order valence-corrected chi connectivity index (χ0v) is 13.1. The maximum atomic E-state index is 12.9. The average Bonchev–Trinajstić information content (AvgIpc) is 2.95. The summed E-state index contributed by atoms with van der Waals surface area (Å²) in [4.78, 5) is 27.1. The molecule has 3 rings (SSSR count). The molecule has 0 radical (unpaired) electrons. The Morgan fingerprint density at radius 1 is 0.955 bits per heavy atom. The Kier molecular flexibility index (Phi) is 3.51. The number of allylic oxidation sites excluding steroid dienone is 2. The van der Waals surface area contributed by atoms with E-state index in [0.717, 1.165) is 17.5 Å². The van der Waals surface area contributed by atoms with Crippen molar-refractivity contribution in [1.29, 1.82) is 0 Å². The average molecular weight is 295 g/mol. The molecule has 1 saturated carbocycles. The fraction of sp³-hybridized carbons (Fsp3) is 0.368. The lowest BCUT2D eigenvalue weighted by Crippen LogP contribution is -2.33. The summed E-state index contributed by atoms with van der Waals surface area (Å²) in [5, 5.41) is 0. The van der Waals surface area contributed by atoms with Gasteiger partial charge in [-0.1, -0.05) is 18.2 Å². The van der Waals surface area contributed by atoms with Gasteiger partial charge in [-0.05, 0) is 55.4 Å². The molecule has 0 spiro atoms. The molecule has 0 bridgehead atoms. The van der Waals surface area contributed by atoms with E-state index in [0.29, 0.717) is 5.69 Å². The van der Waals surface area contributed by atoms with Crippen LogP contribution in [0, 0.1) is 37.5 Å². The summed E-state index contributed by atoms with van der Waals surface area (Å²) >= 11 is 0. The number of aryl methyl sites for hydroxylation is 2. The van der Waals surface area contributed by atoms with E-state index in [1.54, 1.807) is 0 Å². The van der Waals surface area contributed by atoms with Crippen LogP contribution in [0.4, 0.5) is 5.69 Å². The van der Waals surface area contributed by atoms with Gasteiger partial charge in [0.05, 0.1) is 17.5 Å². The Morgan fingerprint density at radius 3 is 1.82 bits per heavy atom. The molecular weight excluding hydrogens is 274 g/mol. The summed E-state index contributed by atoms with van der Waals surface area (Å²) in [6, 6.07) is 5.83. The molecule has 1 aliphatic heterocycles. The first-order chi connectivity index (χ1) is 10.5. The standard InChI is InChI=1S/C19H21NO2/c1-5-13-10-14(6-2)17-16(13)18(21)20(19(17)22)15-8-11(3)7-12(4)9-15/h5-9,13-14,16-17H,1-2,10H2,3-4H3. The van der Waals surface area contributed by atoms with Crippen molar-refractivity contribution >= 4 is 17.5 Å². The summed E-state index contributed by atoms with van der Waals surface area (Å²) in [6.07, 6.45) is 4.43. The highest BCUT2D eigenvalue weighted by atomic mass is 16.2. The first-order valence-corrected chi connectivity index (χ1v) is 7.69. The van der Waals surface area contributed by atoms with Crippen LogP contribution in [-0.2, 0) is 9.59 Å². The van der Waals surface area contributed by atoms with Crippen molar-refractivity contribution in [2.75, 3.05) is 4.90 Å². The van der Waals surface area contributed by atoms with Crippen LogP contribution in [0.1, 0.15) is 17.5 Å². The molecule has 1 heterocycles. The van der Waals surface area contributed by atoms with Gasteiger partial charge in [-0.3, -0.25) is 9.59 Å². The molecule has 3 heteroatoms. The van der Waals surface area contributed by atoms with Crippen LogP contribution in [0.2, 0.25) is 0 Å². The van der Waals surface area contributed by atoms with Crippen molar-refractivity contribution in [3.63, 3.8) is 0 Å². The van der Waals surface area contributed by atoms with E-state index >= 15 is 0 Å². The number of nitrogens with zero attached hydrogens (tertiary/aromatic N) is 1. The van der Waals surface area contributed by atoms with Crippen molar-refractivity contribution in [2.24, 2.45) is 23.7 Å². The van der Waals surface area contributed by atoms with Crippen LogP contribution in [0.15, 0.2) is 43.5 Å². The minimum absolute atomic E-state index is 0.0559. The van der Waals surface area contributed by atoms with Gasteiger partial charge in [0.25, 0.3) is 0 Å². The smallest absolute Gasteiger partial charge is 0.238 e. The molecule has 3 nitrogen and oxygen atoms in total. The molecule has 22 heavy (non-hydrogen) atoms. The normalized spacial score (nSPS) is 30.5. The first-order valence-electron chi connectivity index (χ1n) is 7.69. The van der Waals surface area contributed by atoms with Crippen molar-refractivity contribution in [1.82, 2.24) is 0 Å². The predicted octanol–water partition coefficient (Wildman–Crippen LogP) is 3.42. The topological polar surface area (TPSA) is 37.4 Å². The van der Waals surface area contributed by atoms with Crippen molar-refractivity contribution in [3.8, 4) is 0 Å². The zero-order chi connectivity index (χ0) is 16.0. The third-order valence-electron chi connectivity index (χ3n) is 4.93. The van der Waals surface area contributed by atoms with E-state index < -0.39 is 0 Å². The zero-order valence-electron chi connectivity index (χ0n) is 13.1. The molecule has 1 aromatic carbocycles. The SMILES string of the molecule is C=CC1CC(C=C)C2C(=O)N(c3cc(C)cc(C)c3)C(=O)C12. The van der Waals surface area contributed by atoms with Gasteiger partial charge in [0, 0.05) is 0 Å². The molecule has 0 N–H and O–H groups in total. The van der Waals surface area contributed by atoms with Gasteiger partial charge in [-0.25, -0.2) is 4.90 Å². The number of carbonyl (C=O) groups excluding carboxylic acids is 2. The number of rotatable bonds is 3. The van der Waals surface area contributed by atoms with Crippen LogP contribution >= 0.6 is 0 Å². The molecule has 2 aliphatic rings. The Hall–Kier alpha value is -2.16. The molecule has 4 atom stereocenters. The second-order valence-electron chi connectivity index (χ2n) is 6.44. The van der Waals surface area contributed by atoms with Gasteiger partial charge in [-0.2, -0.15) is 0 Å². The number of hydrogen-bond donors (Lipinski definition) is 0. The number of hydrogen-bond acceptors (Lipinski definition) is 2. The summed E-state index contributed by atoms with van der Waals surface area (Å²) < 4.78 is 0. The van der Waals surface area contributed by atoms with E-state index in [1.165, 1.54) is 4.90 Å². The molecular formula is C19H21NO2. The van der Waals surface area contributed by atoms with Gasteiger partial charge in [0.15, 0.2) is 0 Å².